The second kappa shape index (κ2) is 6.40. The zero-order valence-corrected chi connectivity index (χ0v) is 10.7. The van der Waals surface area contributed by atoms with E-state index in [1.807, 2.05) is 6.07 Å². The molecule has 0 fully saturated rings. The van der Waals surface area contributed by atoms with Crippen LogP contribution in [0.25, 0.3) is 0 Å². The summed E-state index contributed by atoms with van der Waals surface area (Å²) in [4.78, 5) is 23.2. The number of carbonyl (C=O) groups excluding carboxylic acids is 2. The number of rotatable bonds is 5. The van der Waals surface area contributed by atoms with Crippen molar-refractivity contribution in [2.75, 3.05) is 6.61 Å². The highest BCUT2D eigenvalue weighted by atomic mass is 35.5. The van der Waals surface area contributed by atoms with E-state index in [-0.39, 0.29) is 18.8 Å². The molecular formula is C13H15ClO3. The SMILES string of the molecule is CCOC(=O)[C@@H](C)C(=O)Cc1cccc(Cl)c1. The predicted molar refractivity (Wildman–Crippen MR) is 66.0 cm³/mol. The van der Waals surface area contributed by atoms with Crippen LogP contribution in [-0.4, -0.2) is 18.4 Å². The van der Waals surface area contributed by atoms with E-state index < -0.39 is 11.9 Å². The average Bonchev–Trinajstić information content (AvgIpc) is 2.28. The van der Waals surface area contributed by atoms with Crippen molar-refractivity contribution in [3.63, 3.8) is 0 Å². The molecule has 0 aliphatic carbocycles. The first-order valence-electron chi connectivity index (χ1n) is 5.48. The third kappa shape index (κ3) is 4.19. The number of benzene rings is 1. The Morgan fingerprint density at radius 1 is 1.41 bits per heavy atom. The van der Waals surface area contributed by atoms with E-state index in [0.717, 1.165) is 5.56 Å². The van der Waals surface area contributed by atoms with Gasteiger partial charge in [-0.05, 0) is 31.5 Å². The Bertz CT molecular complexity index is 415. The van der Waals surface area contributed by atoms with E-state index in [1.165, 1.54) is 0 Å². The van der Waals surface area contributed by atoms with Crippen LogP contribution in [-0.2, 0) is 20.7 Å². The van der Waals surface area contributed by atoms with Gasteiger partial charge >= 0.3 is 5.97 Å². The first-order chi connectivity index (χ1) is 8.04. The summed E-state index contributed by atoms with van der Waals surface area (Å²) in [6.07, 6.45) is 0.195. The lowest BCUT2D eigenvalue weighted by Crippen LogP contribution is -2.24. The molecule has 0 saturated carbocycles. The molecule has 17 heavy (non-hydrogen) atoms. The van der Waals surface area contributed by atoms with Crippen LogP contribution in [0.2, 0.25) is 5.02 Å². The van der Waals surface area contributed by atoms with Gasteiger partial charge in [-0.3, -0.25) is 9.59 Å². The lowest BCUT2D eigenvalue weighted by Gasteiger charge is -2.09. The van der Waals surface area contributed by atoms with Crippen molar-refractivity contribution in [2.45, 2.75) is 20.3 Å². The summed E-state index contributed by atoms with van der Waals surface area (Å²) in [6, 6.07) is 7.04. The van der Waals surface area contributed by atoms with E-state index in [1.54, 1.807) is 32.0 Å². The molecule has 1 aromatic rings. The van der Waals surface area contributed by atoms with Gasteiger partial charge < -0.3 is 4.74 Å². The number of halogens is 1. The highest BCUT2D eigenvalue weighted by molar-refractivity contribution is 6.30. The van der Waals surface area contributed by atoms with Gasteiger partial charge in [0.25, 0.3) is 0 Å². The largest absolute Gasteiger partial charge is 0.465 e. The van der Waals surface area contributed by atoms with Gasteiger partial charge in [0.1, 0.15) is 5.92 Å². The summed E-state index contributed by atoms with van der Waals surface area (Å²) in [5.41, 5.74) is 0.804. The lowest BCUT2D eigenvalue weighted by molar-refractivity contribution is -0.150. The molecule has 0 amide bonds. The minimum Gasteiger partial charge on any atom is -0.465 e. The van der Waals surface area contributed by atoms with Crippen molar-refractivity contribution in [3.05, 3.63) is 34.9 Å². The fourth-order valence-corrected chi connectivity index (χ4v) is 1.61. The van der Waals surface area contributed by atoms with E-state index in [0.29, 0.717) is 5.02 Å². The Kier molecular flexibility index (Phi) is 5.16. The fourth-order valence-electron chi connectivity index (χ4n) is 1.40. The Labute approximate surface area is 106 Å². The first-order valence-corrected chi connectivity index (χ1v) is 5.86. The van der Waals surface area contributed by atoms with Gasteiger partial charge in [-0.25, -0.2) is 0 Å². The highest BCUT2D eigenvalue weighted by Crippen LogP contribution is 2.13. The molecule has 3 nitrogen and oxygen atoms in total. The summed E-state index contributed by atoms with van der Waals surface area (Å²) in [7, 11) is 0. The van der Waals surface area contributed by atoms with Crippen molar-refractivity contribution in [2.24, 2.45) is 5.92 Å². The van der Waals surface area contributed by atoms with Crippen LogP contribution in [0.15, 0.2) is 24.3 Å². The molecule has 1 rings (SSSR count). The second-order valence-corrected chi connectivity index (χ2v) is 4.18. The number of ether oxygens (including phenoxy) is 1. The number of ketones is 1. The monoisotopic (exact) mass is 254 g/mol. The number of Topliss-reactive ketones (excluding diaryl/α,β-unsaturated/α-hetero) is 1. The molecule has 0 unspecified atom stereocenters. The summed E-state index contributed by atoms with van der Waals surface area (Å²) >= 11 is 5.82. The molecule has 1 aromatic carbocycles. The van der Waals surface area contributed by atoms with Crippen molar-refractivity contribution in [3.8, 4) is 0 Å². The summed E-state index contributed by atoms with van der Waals surface area (Å²) in [5.74, 6) is -1.36. The fraction of sp³-hybridized carbons (Fsp3) is 0.385. The van der Waals surface area contributed by atoms with Crippen LogP contribution in [0.1, 0.15) is 19.4 Å². The Hall–Kier alpha value is -1.35. The minimum absolute atomic E-state index is 0.161. The Balaban J connectivity index is 2.63. The molecule has 1 atom stereocenters. The van der Waals surface area contributed by atoms with Gasteiger partial charge in [-0.15, -0.1) is 0 Å². The Morgan fingerprint density at radius 3 is 2.71 bits per heavy atom. The van der Waals surface area contributed by atoms with Crippen LogP contribution < -0.4 is 0 Å². The zero-order chi connectivity index (χ0) is 12.8. The molecule has 0 aromatic heterocycles. The molecule has 0 bridgehead atoms. The maximum absolute atomic E-state index is 11.8. The summed E-state index contributed by atoms with van der Waals surface area (Å²) in [5, 5.41) is 0.582. The maximum Gasteiger partial charge on any atom is 0.316 e. The van der Waals surface area contributed by atoms with Crippen molar-refractivity contribution >= 4 is 23.4 Å². The summed E-state index contributed by atoms with van der Waals surface area (Å²) in [6.45, 7) is 3.56. The first kappa shape index (κ1) is 13.7. The topological polar surface area (TPSA) is 43.4 Å². The molecule has 4 heteroatoms. The number of carbonyl (C=O) groups is 2. The van der Waals surface area contributed by atoms with Crippen LogP contribution in [0.5, 0.6) is 0 Å². The number of hydrogen-bond donors (Lipinski definition) is 0. The standard InChI is InChI=1S/C13H15ClO3/c1-3-17-13(16)9(2)12(15)8-10-5-4-6-11(14)7-10/h4-7,9H,3,8H2,1-2H3/t9-/m0/s1. The number of hydrogen-bond acceptors (Lipinski definition) is 3. The molecule has 0 N–H and O–H groups in total. The van der Waals surface area contributed by atoms with E-state index in [9.17, 15) is 9.59 Å². The van der Waals surface area contributed by atoms with Crippen LogP contribution in [0.3, 0.4) is 0 Å². The highest BCUT2D eigenvalue weighted by Gasteiger charge is 2.22. The van der Waals surface area contributed by atoms with E-state index >= 15 is 0 Å². The molecule has 0 aliphatic heterocycles. The minimum atomic E-state index is -0.728. The van der Waals surface area contributed by atoms with Gasteiger partial charge in [0, 0.05) is 11.4 Å². The molecule has 0 aliphatic rings. The van der Waals surface area contributed by atoms with E-state index in [2.05, 4.69) is 0 Å². The van der Waals surface area contributed by atoms with Crippen molar-refractivity contribution in [1.29, 1.82) is 0 Å². The van der Waals surface area contributed by atoms with E-state index in [4.69, 9.17) is 16.3 Å². The molecule has 0 spiro atoms. The molecular weight excluding hydrogens is 240 g/mol. The Morgan fingerprint density at radius 2 is 2.12 bits per heavy atom. The normalized spacial score (nSPS) is 11.9. The van der Waals surface area contributed by atoms with Gasteiger partial charge in [0.15, 0.2) is 5.78 Å². The zero-order valence-electron chi connectivity index (χ0n) is 9.90. The van der Waals surface area contributed by atoms with Gasteiger partial charge in [0.05, 0.1) is 6.61 Å². The predicted octanol–water partition coefficient (Wildman–Crippen LogP) is 2.65. The second-order valence-electron chi connectivity index (χ2n) is 3.75. The molecule has 0 heterocycles. The number of esters is 1. The average molecular weight is 255 g/mol. The van der Waals surface area contributed by atoms with Crippen LogP contribution in [0, 0.1) is 5.92 Å². The van der Waals surface area contributed by atoms with Crippen LogP contribution in [0.4, 0.5) is 0 Å². The molecule has 0 radical (unpaired) electrons. The maximum atomic E-state index is 11.8. The van der Waals surface area contributed by atoms with Crippen molar-refractivity contribution in [1.82, 2.24) is 0 Å². The molecule has 0 saturated heterocycles. The third-order valence-corrected chi connectivity index (χ3v) is 2.63. The van der Waals surface area contributed by atoms with Gasteiger partial charge in [0.2, 0.25) is 0 Å². The van der Waals surface area contributed by atoms with Crippen LogP contribution >= 0.6 is 11.6 Å². The van der Waals surface area contributed by atoms with Crippen molar-refractivity contribution < 1.29 is 14.3 Å². The smallest absolute Gasteiger partial charge is 0.316 e. The molecule has 92 valence electrons. The quantitative estimate of drug-likeness (QED) is 0.599. The third-order valence-electron chi connectivity index (χ3n) is 2.39. The lowest BCUT2D eigenvalue weighted by atomic mass is 10.00. The van der Waals surface area contributed by atoms with Gasteiger partial charge in [-0.2, -0.15) is 0 Å². The summed E-state index contributed by atoms with van der Waals surface area (Å²) < 4.78 is 4.80. The van der Waals surface area contributed by atoms with Gasteiger partial charge in [-0.1, -0.05) is 23.7 Å².